The number of carbonyl (C=O) groups excluding carboxylic acids is 1. The highest BCUT2D eigenvalue weighted by molar-refractivity contribution is 5.96. The third-order valence-electron chi connectivity index (χ3n) is 2.61. The Balaban J connectivity index is 2.08. The minimum atomic E-state index is -1.11. The summed E-state index contributed by atoms with van der Waals surface area (Å²) in [5.74, 6) is -1.65. The van der Waals surface area contributed by atoms with Crippen LogP contribution in [0.5, 0.6) is 0 Å². The first kappa shape index (κ1) is 13.8. The lowest BCUT2D eigenvalue weighted by Gasteiger charge is -2.11. The van der Waals surface area contributed by atoms with Crippen molar-refractivity contribution < 1.29 is 14.7 Å². The Kier molecular flexibility index (Phi) is 4.11. The molecule has 0 aliphatic carbocycles. The van der Waals surface area contributed by atoms with Crippen molar-refractivity contribution in [3.05, 3.63) is 42.7 Å². The first-order valence-corrected chi connectivity index (χ1v) is 5.94. The number of hydrogen-bond acceptors (Lipinski definition) is 4. The second-order valence-electron chi connectivity index (χ2n) is 4.19. The first-order valence-electron chi connectivity index (χ1n) is 5.94. The molecule has 1 aromatic carbocycles. The molecule has 0 bridgehead atoms. The molecule has 0 aliphatic rings. The maximum absolute atomic E-state index is 11.7. The average Bonchev–Trinajstić information content (AvgIpc) is 2.92. The number of carboxylic acid groups (broad SMARTS) is 1. The molecule has 20 heavy (non-hydrogen) atoms. The van der Waals surface area contributed by atoms with E-state index >= 15 is 0 Å². The van der Waals surface area contributed by atoms with Gasteiger partial charge in [0.15, 0.2) is 0 Å². The molecule has 0 aliphatic heterocycles. The number of aliphatic carboxylic acids is 1. The highest BCUT2D eigenvalue weighted by Gasteiger charge is 2.17. The number of nitrogens with two attached hydrogens (primary N) is 1. The number of hydrogen-bond donors (Lipinski definition) is 3. The van der Waals surface area contributed by atoms with Crippen LogP contribution in [0.25, 0.3) is 5.69 Å². The number of carbonyl (C=O) groups is 2. The van der Waals surface area contributed by atoms with Gasteiger partial charge in [-0.15, -0.1) is 0 Å². The molecule has 4 N–H and O–H groups in total. The van der Waals surface area contributed by atoms with Gasteiger partial charge in [0, 0.05) is 18.1 Å². The van der Waals surface area contributed by atoms with E-state index in [2.05, 4.69) is 10.4 Å². The van der Waals surface area contributed by atoms with Gasteiger partial charge in [-0.2, -0.15) is 5.10 Å². The van der Waals surface area contributed by atoms with Crippen molar-refractivity contribution in [1.29, 1.82) is 0 Å². The van der Waals surface area contributed by atoms with Crippen molar-refractivity contribution in [1.82, 2.24) is 9.78 Å². The Morgan fingerprint density at radius 2 is 2.20 bits per heavy atom. The Hall–Kier alpha value is -2.67. The maximum atomic E-state index is 11.7. The van der Waals surface area contributed by atoms with Gasteiger partial charge in [0.2, 0.25) is 5.91 Å². The summed E-state index contributed by atoms with van der Waals surface area (Å²) in [6.45, 7) is 0. The first-order chi connectivity index (χ1) is 9.56. The number of rotatable bonds is 5. The lowest BCUT2D eigenvalue weighted by atomic mass is 10.2. The van der Waals surface area contributed by atoms with Crippen LogP contribution in [0.15, 0.2) is 42.7 Å². The minimum Gasteiger partial charge on any atom is -0.481 e. The van der Waals surface area contributed by atoms with Gasteiger partial charge in [0.1, 0.15) is 0 Å². The molecule has 0 fully saturated rings. The zero-order valence-electron chi connectivity index (χ0n) is 10.6. The van der Waals surface area contributed by atoms with Gasteiger partial charge in [-0.1, -0.05) is 6.07 Å². The van der Waals surface area contributed by atoms with Crippen molar-refractivity contribution >= 4 is 17.6 Å². The van der Waals surface area contributed by atoms with Gasteiger partial charge in [-0.3, -0.25) is 9.59 Å². The lowest BCUT2D eigenvalue weighted by Crippen LogP contribution is -2.37. The molecule has 1 atom stereocenters. The fraction of sp³-hybridized carbons (Fsp3) is 0.154. The van der Waals surface area contributed by atoms with E-state index in [-0.39, 0.29) is 0 Å². The number of nitrogens with zero attached hydrogens (tertiary/aromatic N) is 2. The summed E-state index contributed by atoms with van der Waals surface area (Å²) in [6.07, 6.45) is 3.01. The van der Waals surface area contributed by atoms with Crippen molar-refractivity contribution in [2.45, 2.75) is 12.5 Å². The molecule has 2 rings (SSSR count). The highest BCUT2D eigenvalue weighted by Crippen LogP contribution is 2.14. The largest absolute Gasteiger partial charge is 0.481 e. The number of aromatic nitrogens is 2. The summed E-state index contributed by atoms with van der Waals surface area (Å²) < 4.78 is 1.65. The number of anilines is 1. The summed E-state index contributed by atoms with van der Waals surface area (Å²) in [5, 5.41) is 15.3. The third-order valence-corrected chi connectivity index (χ3v) is 2.61. The van der Waals surface area contributed by atoms with Crippen molar-refractivity contribution in [2.75, 3.05) is 5.32 Å². The van der Waals surface area contributed by atoms with E-state index in [1.54, 1.807) is 41.3 Å². The Labute approximate surface area is 115 Å². The van der Waals surface area contributed by atoms with Gasteiger partial charge in [-0.25, -0.2) is 4.68 Å². The number of benzene rings is 1. The molecular formula is C13H14N4O3. The van der Waals surface area contributed by atoms with Crippen LogP contribution in [0.2, 0.25) is 0 Å². The van der Waals surface area contributed by atoms with Crippen molar-refractivity contribution in [2.24, 2.45) is 5.73 Å². The fourth-order valence-electron chi connectivity index (χ4n) is 1.66. The van der Waals surface area contributed by atoms with E-state index in [9.17, 15) is 9.59 Å². The summed E-state index contributed by atoms with van der Waals surface area (Å²) in [4.78, 5) is 22.2. The van der Waals surface area contributed by atoms with E-state index in [0.29, 0.717) is 5.69 Å². The van der Waals surface area contributed by atoms with Crippen LogP contribution in [0.1, 0.15) is 6.42 Å². The quantitative estimate of drug-likeness (QED) is 0.740. The van der Waals surface area contributed by atoms with Gasteiger partial charge in [0.05, 0.1) is 18.2 Å². The summed E-state index contributed by atoms with van der Waals surface area (Å²) in [6, 6.07) is 7.71. The minimum absolute atomic E-state index is 0.412. The number of nitrogens with one attached hydrogen (secondary N) is 1. The Bertz CT molecular complexity index is 610. The van der Waals surface area contributed by atoms with Gasteiger partial charge in [0.25, 0.3) is 0 Å². The summed E-state index contributed by atoms with van der Waals surface area (Å²) in [7, 11) is 0. The zero-order chi connectivity index (χ0) is 14.5. The smallest absolute Gasteiger partial charge is 0.305 e. The van der Waals surface area contributed by atoms with E-state index in [0.717, 1.165) is 5.69 Å². The maximum Gasteiger partial charge on any atom is 0.305 e. The molecule has 1 amide bonds. The molecule has 1 unspecified atom stereocenters. The molecule has 1 heterocycles. The fourth-order valence-corrected chi connectivity index (χ4v) is 1.66. The predicted molar refractivity (Wildman–Crippen MR) is 72.4 cm³/mol. The number of amides is 1. The Morgan fingerprint density at radius 1 is 1.40 bits per heavy atom. The van der Waals surface area contributed by atoms with Crippen LogP contribution in [0.3, 0.4) is 0 Å². The van der Waals surface area contributed by atoms with Crippen LogP contribution in [-0.2, 0) is 9.59 Å². The van der Waals surface area contributed by atoms with Gasteiger partial charge < -0.3 is 16.2 Å². The monoisotopic (exact) mass is 274 g/mol. The zero-order valence-corrected chi connectivity index (χ0v) is 10.6. The van der Waals surface area contributed by atoms with E-state index in [4.69, 9.17) is 10.8 Å². The van der Waals surface area contributed by atoms with Crippen LogP contribution in [-0.4, -0.2) is 32.8 Å². The summed E-state index contributed by atoms with van der Waals surface area (Å²) in [5.41, 5.74) is 6.80. The second kappa shape index (κ2) is 5.98. The second-order valence-corrected chi connectivity index (χ2v) is 4.19. The average molecular weight is 274 g/mol. The predicted octanol–water partition coefficient (Wildman–Crippen LogP) is 0.613. The summed E-state index contributed by atoms with van der Waals surface area (Å²) >= 11 is 0. The van der Waals surface area contributed by atoms with E-state index in [1.807, 2.05) is 6.07 Å². The molecule has 2 aromatic rings. The van der Waals surface area contributed by atoms with Crippen LogP contribution >= 0.6 is 0 Å². The topological polar surface area (TPSA) is 110 Å². The van der Waals surface area contributed by atoms with Crippen molar-refractivity contribution in [3.8, 4) is 5.69 Å². The molecule has 0 saturated heterocycles. The molecule has 7 heteroatoms. The normalized spacial score (nSPS) is 11.8. The highest BCUT2D eigenvalue weighted by atomic mass is 16.4. The van der Waals surface area contributed by atoms with Crippen LogP contribution in [0.4, 0.5) is 5.69 Å². The molecule has 0 saturated carbocycles. The van der Waals surface area contributed by atoms with Gasteiger partial charge in [-0.05, 0) is 24.3 Å². The third kappa shape index (κ3) is 3.42. The van der Waals surface area contributed by atoms with E-state index < -0.39 is 24.3 Å². The molecule has 104 valence electrons. The van der Waals surface area contributed by atoms with E-state index in [1.165, 1.54) is 0 Å². The molecule has 0 radical (unpaired) electrons. The standard InChI is InChI=1S/C13H14N4O3/c14-11(8-12(18)19)13(20)16-9-3-1-4-10(7-9)17-6-2-5-15-17/h1-7,11H,8,14H2,(H,16,20)(H,18,19). The SMILES string of the molecule is NC(CC(=O)O)C(=O)Nc1cccc(-n2cccn2)c1. The van der Waals surface area contributed by atoms with Gasteiger partial charge >= 0.3 is 5.97 Å². The van der Waals surface area contributed by atoms with Crippen LogP contribution in [0, 0.1) is 0 Å². The number of carboxylic acids is 1. The molecule has 1 aromatic heterocycles. The molecule has 0 spiro atoms. The molecular weight excluding hydrogens is 260 g/mol. The van der Waals surface area contributed by atoms with Crippen molar-refractivity contribution in [3.63, 3.8) is 0 Å². The molecule has 7 nitrogen and oxygen atoms in total. The lowest BCUT2D eigenvalue weighted by molar-refractivity contribution is -0.138. The Morgan fingerprint density at radius 3 is 2.85 bits per heavy atom. The van der Waals surface area contributed by atoms with Crippen LogP contribution < -0.4 is 11.1 Å².